The zero-order valence-electron chi connectivity index (χ0n) is 9.71. The van der Waals surface area contributed by atoms with Crippen LogP contribution in [0.3, 0.4) is 0 Å². The van der Waals surface area contributed by atoms with Crippen molar-refractivity contribution < 1.29 is 4.79 Å². The molecule has 0 unspecified atom stereocenters. The van der Waals surface area contributed by atoms with Gasteiger partial charge < -0.3 is 5.32 Å². The van der Waals surface area contributed by atoms with Gasteiger partial charge in [0.25, 0.3) is 0 Å². The number of nitrogens with one attached hydrogen (secondary N) is 2. The largest absolute Gasteiger partial charge is 0.327 e. The summed E-state index contributed by atoms with van der Waals surface area (Å²) in [6.45, 7) is 1.98. The van der Waals surface area contributed by atoms with Crippen LogP contribution in [0.15, 0.2) is 30.7 Å². The van der Waals surface area contributed by atoms with Crippen LogP contribution in [-0.2, 0) is 4.79 Å². The number of carbonyl (C=O) groups excluding carboxylic acids is 1. The van der Waals surface area contributed by atoms with Gasteiger partial charge in [0.15, 0.2) is 0 Å². The Labute approximate surface area is 103 Å². The number of anilines is 1. The summed E-state index contributed by atoms with van der Waals surface area (Å²) in [5, 5.41) is 13.7. The Kier molecular flexibility index (Phi) is 2.33. The lowest BCUT2D eigenvalue weighted by Crippen LogP contribution is -2.02. The summed E-state index contributed by atoms with van der Waals surface area (Å²) in [4.78, 5) is 10.7. The smallest absolute Gasteiger partial charge is 0.211 e. The van der Waals surface area contributed by atoms with E-state index in [0.717, 1.165) is 22.3 Å². The molecular formula is C12H11N5O. The van der Waals surface area contributed by atoms with Crippen molar-refractivity contribution in [2.45, 2.75) is 6.92 Å². The number of fused-ring (bicyclic) bond motifs is 1. The van der Waals surface area contributed by atoms with Crippen molar-refractivity contribution in [1.82, 2.24) is 19.8 Å². The Bertz CT molecular complexity index is 699. The van der Waals surface area contributed by atoms with Gasteiger partial charge in [0, 0.05) is 23.0 Å². The van der Waals surface area contributed by atoms with Gasteiger partial charge in [0.1, 0.15) is 0 Å². The number of hydrogen-bond acceptors (Lipinski definition) is 3. The van der Waals surface area contributed by atoms with Gasteiger partial charge in [-0.15, -0.1) is 0 Å². The number of aryl methyl sites for hydroxylation is 1. The minimum atomic E-state index is 0.646. The maximum absolute atomic E-state index is 10.7. The van der Waals surface area contributed by atoms with Crippen molar-refractivity contribution in [3.63, 3.8) is 0 Å². The van der Waals surface area contributed by atoms with E-state index in [1.165, 1.54) is 0 Å². The quantitative estimate of drug-likeness (QED) is 0.684. The molecule has 90 valence electrons. The van der Waals surface area contributed by atoms with Crippen molar-refractivity contribution >= 4 is 17.6 Å². The highest BCUT2D eigenvalue weighted by Gasteiger charge is 2.13. The van der Waals surface area contributed by atoms with Crippen LogP contribution in [0.5, 0.6) is 0 Å². The first-order valence-electron chi connectivity index (χ1n) is 5.48. The normalized spacial score (nSPS) is 10.7. The fourth-order valence-corrected chi connectivity index (χ4v) is 2.06. The van der Waals surface area contributed by atoms with Gasteiger partial charge in [-0.2, -0.15) is 10.2 Å². The van der Waals surface area contributed by atoms with Crippen LogP contribution < -0.4 is 5.32 Å². The highest BCUT2D eigenvalue weighted by molar-refractivity contribution is 5.93. The third kappa shape index (κ3) is 1.46. The second-order valence-corrected chi connectivity index (χ2v) is 3.95. The molecule has 0 aliphatic carbocycles. The number of amides is 1. The van der Waals surface area contributed by atoms with Crippen LogP contribution in [0, 0.1) is 6.92 Å². The van der Waals surface area contributed by atoms with Gasteiger partial charge in [-0.05, 0) is 19.1 Å². The zero-order chi connectivity index (χ0) is 12.5. The highest BCUT2D eigenvalue weighted by Crippen LogP contribution is 2.31. The van der Waals surface area contributed by atoms with E-state index in [9.17, 15) is 4.79 Å². The Morgan fingerprint density at radius 3 is 3.00 bits per heavy atom. The van der Waals surface area contributed by atoms with Crippen LogP contribution in [0.1, 0.15) is 5.69 Å². The molecule has 0 aromatic carbocycles. The lowest BCUT2D eigenvalue weighted by atomic mass is 10.1. The lowest BCUT2D eigenvalue weighted by molar-refractivity contribution is -0.105. The van der Waals surface area contributed by atoms with Gasteiger partial charge >= 0.3 is 0 Å². The molecule has 6 heteroatoms. The van der Waals surface area contributed by atoms with E-state index in [1.54, 1.807) is 18.6 Å². The first kappa shape index (κ1) is 10.5. The molecule has 3 aromatic rings. The van der Waals surface area contributed by atoms with Crippen LogP contribution in [-0.4, -0.2) is 26.2 Å². The van der Waals surface area contributed by atoms with Crippen molar-refractivity contribution in [1.29, 1.82) is 0 Å². The number of aromatic amines is 1. The fraction of sp³-hybridized carbons (Fsp3) is 0.0833. The van der Waals surface area contributed by atoms with Gasteiger partial charge in [-0.25, -0.2) is 4.52 Å². The molecule has 2 N–H and O–H groups in total. The average molecular weight is 241 g/mol. The summed E-state index contributed by atoms with van der Waals surface area (Å²) >= 11 is 0. The maximum atomic E-state index is 10.7. The Balaban J connectivity index is 2.35. The zero-order valence-corrected chi connectivity index (χ0v) is 9.71. The number of rotatable bonds is 3. The standard InChI is InChI=1S/C12H11N5O/c1-8-2-3-11-12(9-4-14-15-5-9)10(13-7-18)6-16-17(8)11/h2-7H,1H3,(H,13,18)(H,14,15). The molecule has 0 aliphatic heterocycles. The van der Waals surface area contributed by atoms with E-state index in [2.05, 4.69) is 20.6 Å². The summed E-state index contributed by atoms with van der Waals surface area (Å²) in [5.74, 6) is 0. The molecule has 1 amide bonds. The number of H-pyrrole nitrogens is 1. The van der Waals surface area contributed by atoms with Gasteiger partial charge in [0.05, 0.1) is 23.6 Å². The van der Waals surface area contributed by atoms with E-state index in [1.807, 2.05) is 23.6 Å². The maximum Gasteiger partial charge on any atom is 0.211 e. The molecule has 3 rings (SSSR count). The SMILES string of the molecule is Cc1ccc2c(-c3cn[nH]c3)c(NC=O)cnn12. The van der Waals surface area contributed by atoms with Crippen molar-refractivity contribution in [2.75, 3.05) is 5.32 Å². The molecule has 0 saturated heterocycles. The predicted octanol–water partition coefficient (Wildman–Crippen LogP) is 1.60. The van der Waals surface area contributed by atoms with E-state index in [4.69, 9.17) is 0 Å². The summed E-state index contributed by atoms with van der Waals surface area (Å²) in [6.07, 6.45) is 5.78. The number of nitrogens with zero attached hydrogens (tertiary/aromatic N) is 3. The molecule has 0 saturated carbocycles. The second-order valence-electron chi connectivity index (χ2n) is 3.95. The molecule has 6 nitrogen and oxygen atoms in total. The number of carbonyl (C=O) groups is 1. The molecule has 3 aromatic heterocycles. The van der Waals surface area contributed by atoms with Gasteiger partial charge in [-0.3, -0.25) is 9.89 Å². The lowest BCUT2D eigenvalue weighted by Gasteiger charge is -2.09. The predicted molar refractivity (Wildman–Crippen MR) is 67.2 cm³/mol. The molecule has 0 bridgehead atoms. The minimum absolute atomic E-state index is 0.646. The fourth-order valence-electron chi connectivity index (χ4n) is 2.06. The number of aromatic nitrogens is 4. The number of hydrogen-bond donors (Lipinski definition) is 2. The monoisotopic (exact) mass is 241 g/mol. The summed E-state index contributed by atoms with van der Waals surface area (Å²) < 4.78 is 1.83. The van der Waals surface area contributed by atoms with Crippen LogP contribution >= 0.6 is 0 Å². The van der Waals surface area contributed by atoms with Gasteiger partial charge in [0.2, 0.25) is 6.41 Å². The van der Waals surface area contributed by atoms with Crippen LogP contribution in [0.4, 0.5) is 5.69 Å². The third-order valence-electron chi connectivity index (χ3n) is 2.87. The average Bonchev–Trinajstić information content (AvgIpc) is 3.00. The third-order valence-corrected chi connectivity index (χ3v) is 2.87. The van der Waals surface area contributed by atoms with Crippen LogP contribution in [0.25, 0.3) is 16.6 Å². The summed E-state index contributed by atoms with van der Waals surface area (Å²) in [5.41, 5.74) is 4.44. The first-order chi connectivity index (χ1) is 8.81. The first-order valence-corrected chi connectivity index (χ1v) is 5.48. The highest BCUT2D eigenvalue weighted by atomic mass is 16.1. The van der Waals surface area contributed by atoms with E-state index in [0.29, 0.717) is 12.1 Å². The summed E-state index contributed by atoms with van der Waals surface area (Å²) in [7, 11) is 0. The Morgan fingerprint density at radius 1 is 1.39 bits per heavy atom. The molecule has 0 spiro atoms. The summed E-state index contributed by atoms with van der Waals surface area (Å²) in [6, 6.07) is 3.96. The van der Waals surface area contributed by atoms with Gasteiger partial charge in [-0.1, -0.05) is 0 Å². The molecular weight excluding hydrogens is 230 g/mol. The van der Waals surface area contributed by atoms with E-state index < -0.39 is 0 Å². The van der Waals surface area contributed by atoms with Crippen molar-refractivity contribution in [3.8, 4) is 11.1 Å². The van der Waals surface area contributed by atoms with Crippen LogP contribution in [0.2, 0.25) is 0 Å². The molecule has 0 atom stereocenters. The van der Waals surface area contributed by atoms with E-state index in [-0.39, 0.29) is 0 Å². The molecule has 0 radical (unpaired) electrons. The minimum Gasteiger partial charge on any atom is -0.327 e. The molecule has 0 aliphatic rings. The molecule has 18 heavy (non-hydrogen) atoms. The molecule has 3 heterocycles. The topological polar surface area (TPSA) is 75.1 Å². The second kappa shape index (κ2) is 3.99. The van der Waals surface area contributed by atoms with Crippen molar-refractivity contribution in [3.05, 3.63) is 36.4 Å². The molecule has 0 fully saturated rings. The van der Waals surface area contributed by atoms with E-state index >= 15 is 0 Å². The Morgan fingerprint density at radius 2 is 2.28 bits per heavy atom. The Hall–Kier alpha value is -2.63. The van der Waals surface area contributed by atoms with Crippen molar-refractivity contribution in [2.24, 2.45) is 0 Å².